The molecular weight excluding hydrogens is 208 g/mol. The Bertz CT molecular complexity index is 250. The number of aliphatic carboxylic acids is 1. The first kappa shape index (κ1) is 13.0. The van der Waals surface area contributed by atoms with Crippen molar-refractivity contribution in [3.63, 3.8) is 0 Å². The van der Waals surface area contributed by atoms with Crippen LogP contribution in [0.1, 0.15) is 26.2 Å². The van der Waals surface area contributed by atoms with Crippen molar-refractivity contribution in [2.24, 2.45) is 5.92 Å². The number of nitrogens with one attached hydrogen (secondary N) is 1. The van der Waals surface area contributed by atoms with E-state index in [1.165, 1.54) is 4.90 Å². The van der Waals surface area contributed by atoms with E-state index in [0.29, 0.717) is 13.1 Å². The van der Waals surface area contributed by atoms with Crippen LogP contribution in [0.2, 0.25) is 0 Å². The predicted octanol–water partition coefficient (Wildman–Crippen LogP) is 0.309. The molecule has 0 bridgehead atoms. The van der Waals surface area contributed by atoms with Crippen LogP contribution in [-0.4, -0.2) is 48.1 Å². The number of nitrogens with zero attached hydrogens (tertiary/aromatic N) is 1. The summed E-state index contributed by atoms with van der Waals surface area (Å²) >= 11 is 0. The normalized spacial score (nSPS) is 20.4. The zero-order valence-corrected chi connectivity index (χ0v) is 9.74. The summed E-state index contributed by atoms with van der Waals surface area (Å²) in [6.45, 7) is 3.93. The van der Waals surface area contributed by atoms with Crippen LogP contribution in [-0.2, 0) is 9.59 Å². The van der Waals surface area contributed by atoms with Gasteiger partial charge in [0.05, 0.1) is 5.92 Å². The highest BCUT2D eigenvalue weighted by molar-refractivity contribution is 5.83. The zero-order valence-electron chi connectivity index (χ0n) is 9.74. The third kappa shape index (κ3) is 3.81. The van der Waals surface area contributed by atoms with E-state index in [1.807, 2.05) is 6.92 Å². The van der Waals surface area contributed by atoms with E-state index in [-0.39, 0.29) is 18.4 Å². The minimum atomic E-state index is -0.939. The van der Waals surface area contributed by atoms with Gasteiger partial charge in [0.25, 0.3) is 0 Å². The summed E-state index contributed by atoms with van der Waals surface area (Å²) in [7, 11) is 0. The molecule has 1 saturated heterocycles. The molecule has 16 heavy (non-hydrogen) atoms. The number of hydrogen-bond donors (Lipinski definition) is 2. The molecule has 2 N–H and O–H groups in total. The fourth-order valence-electron chi connectivity index (χ4n) is 2.02. The highest BCUT2D eigenvalue weighted by Gasteiger charge is 2.26. The van der Waals surface area contributed by atoms with Crippen molar-refractivity contribution in [3.8, 4) is 0 Å². The van der Waals surface area contributed by atoms with E-state index in [0.717, 1.165) is 25.8 Å². The Kier molecular flexibility index (Phi) is 5.25. The first-order chi connectivity index (χ1) is 7.65. The Labute approximate surface area is 95.8 Å². The molecule has 1 rings (SSSR count). The molecule has 0 spiro atoms. The molecule has 0 unspecified atom stereocenters. The average molecular weight is 228 g/mol. The highest BCUT2D eigenvalue weighted by atomic mass is 16.4. The van der Waals surface area contributed by atoms with Gasteiger partial charge < -0.3 is 15.3 Å². The topological polar surface area (TPSA) is 69.6 Å². The maximum Gasteiger partial charge on any atom is 0.323 e. The van der Waals surface area contributed by atoms with Gasteiger partial charge in [-0.25, -0.2) is 0 Å². The van der Waals surface area contributed by atoms with Crippen molar-refractivity contribution >= 4 is 11.9 Å². The minimum absolute atomic E-state index is 0.0172. The van der Waals surface area contributed by atoms with Crippen LogP contribution in [0.3, 0.4) is 0 Å². The molecule has 1 aliphatic rings. The van der Waals surface area contributed by atoms with E-state index in [1.54, 1.807) is 0 Å². The quantitative estimate of drug-likeness (QED) is 0.710. The number of carboxylic acid groups (broad SMARTS) is 1. The summed E-state index contributed by atoms with van der Waals surface area (Å²) in [5.74, 6) is -0.998. The highest BCUT2D eigenvalue weighted by Crippen LogP contribution is 2.13. The van der Waals surface area contributed by atoms with Gasteiger partial charge in [0.1, 0.15) is 6.54 Å². The molecule has 1 amide bonds. The summed E-state index contributed by atoms with van der Waals surface area (Å²) in [5, 5.41) is 11.9. The molecule has 1 atom stereocenters. The van der Waals surface area contributed by atoms with Crippen molar-refractivity contribution in [1.82, 2.24) is 10.2 Å². The van der Waals surface area contributed by atoms with Crippen LogP contribution >= 0.6 is 0 Å². The number of amides is 1. The fourth-order valence-corrected chi connectivity index (χ4v) is 2.02. The Balaban J connectivity index is 2.54. The van der Waals surface area contributed by atoms with Gasteiger partial charge in [0.2, 0.25) is 5.91 Å². The van der Waals surface area contributed by atoms with Crippen LogP contribution in [0.25, 0.3) is 0 Å². The number of carboxylic acids is 1. The van der Waals surface area contributed by atoms with Crippen LogP contribution in [0.4, 0.5) is 0 Å². The molecule has 0 aromatic rings. The molecule has 0 saturated carbocycles. The lowest BCUT2D eigenvalue weighted by molar-refractivity contribution is -0.146. The van der Waals surface area contributed by atoms with Gasteiger partial charge in [-0.2, -0.15) is 0 Å². The number of piperidine rings is 1. The molecule has 1 heterocycles. The number of hydrogen-bond acceptors (Lipinski definition) is 3. The first-order valence-corrected chi connectivity index (χ1v) is 5.86. The fraction of sp³-hybridized carbons (Fsp3) is 0.818. The lowest BCUT2D eigenvalue weighted by atomic mass is 9.98. The minimum Gasteiger partial charge on any atom is -0.480 e. The SMILES string of the molecule is CCCN(CC(=O)O)C(=O)[C@@H]1CCCNC1. The lowest BCUT2D eigenvalue weighted by Gasteiger charge is -2.28. The molecule has 1 aliphatic heterocycles. The Morgan fingerprint density at radius 3 is 2.75 bits per heavy atom. The molecular formula is C11H20N2O3. The van der Waals surface area contributed by atoms with Gasteiger partial charge in [0, 0.05) is 13.1 Å². The Hall–Kier alpha value is -1.10. The molecule has 0 aromatic heterocycles. The van der Waals surface area contributed by atoms with Gasteiger partial charge in [-0.3, -0.25) is 9.59 Å². The summed E-state index contributed by atoms with van der Waals surface area (Å²) in [5.41, 5.74) is 0. The first-order valence-electron chi connectivity index (χ1n) is 5.86. The molecule has 0 aliphatic carbocycles. The van der Waals surface area contributed by atoms with Crippen LogP contribution in [0.5, 0.6) is 0 Å². The van der Waals surface area contributed by atoms with E-state index in [2.05, 4.69) is 5.32 Å². The standard InChI is InChI=1S/C11H20N2O3/c1-2-6-13(8-10(14)15)11(16)9-4-3-5-12-7-9/h9,12H,2-8H2,1H3,(H,14,15)/t9-/m1/s1. The van der Waals surface area contributed by atoms with Gasteiger partial charge in [-0.1, -0.05) is 6.92 Å². The van der Waals surface area contributed by atoms with E-state index in [4.69, 9.17) is 5.11 Å². The average Bonchev–Trinajstić information content (AvgIpc) is 2.28. The number of rotatable bonds is 5. The second kappa shape index (κ2) is 6.48. The van der Waals surface area contributed by atoms with E-state index in [9.17, 15) is 9.59 Å². The van der Waals surface area contributed by atoms with Gasteiger partial charge in [0.15, 0.2) is 0 Å². The van der Waals surface area contributed by atoms with Crippen molar-refractivity contribution in [3.05, 3.63) is 0 Å². The van der Waals surface area contributed by atoms with Gasteiger partial charge >= 0.3 is 5.97 Å². The summed E-state index contributed by atoms with van der Waals surface area (Å²) in [6.07, 6.45) is 2.65. The van der Waals surface area contributed by atoms with E-state index >= 15 is 0 Å². The Morgan fingerprint density at radius 1 is 1.50 bits per heavy atom. The zero-order chi connectivity index (χ0) is 12.0. The van der Waals surface area contributed by atoms with Crippen LogP contribution < -0.4 is 5.32 Å². The lowest BCUT2D eigenvalue weighted by Crippen LogP contribution is -2.45. The monoisotopic (exact) mass is 228 g/mol. The second-order valence-corrected chi connectivity index (χ2v) is 4.20. The molecule has 0 radical (unpaired) electrons. The molecule has 0 aromatic carbocycles. The molecule has 5 nitrogen and oxygen atoms in total. The van der Waals surface area contributed by atoms with Crippen LogP contribution in [0.15, 0.2) is 0 Å². The molecule has 5 heteroatoms. The van der Waals surface area contributed by atoms with Crippen molar-refractivity contribution in [2.45, 2.75) is 26.2 Å². The predicted molar refractivity (Wildman–Crippen MR) is 60.1 cm³/mol. The summed E-state index contributed by atoms with van der Waals surface area (Å²) < 4.78 is 0. The third-order valence-corrected chi connectivity index (χ3v) is 2.78. The molecule has 1 fully saturated rings. The summed E-state index contributed by atoms with van der Waals surface area (Å²) in [4.78, 5) is 24.2. The van der Waals surface area contributed by atoms with Crippen molar-refractivity contribution < 1.29 is 14.7 Å². The van der Waals surface area contributed by atoms with Gasteiger partial charge in [-0.15, -0.1) is 0 Å². The third-order valence-electron chi connectivity index (χ3n) is 2.78. The van der Waals surface area contributed by atoms with Crippen molar-refractivity contribution in [1.29, 1.82) is 0 Å². The maximum atomic E-state index is 12.0. The largest absolute Gasteiger partial charge is 0.480 e. The maximum absolute atomic E-state index is 12.0. The number of carbonyl (C=O) groups is 2. The molecule has 92 valence electrons. The van der Waals surface area contributed by atoms with Crippen molar-refractivity contribution in [2.75, 3.05) is 26.2 Å². The second-order valence-electron chi connectivity index (χ2n) is 4.20. The number of carbonyl (C=O) groups excluding carboxylic acids is 1. The van der Waals surface area contributed by atoms with Gasteiger partial charge in [-0.05, 0) is 25.8 Å². The van der Waals surface area contributed by atoms with E-state index < -0.39 is 5.97 Å². The smallest absolute Gasteiger partial charge is 0.323 e. The summed E-state index contributed by atoms with van der Waals surface area (Å²) in [6, 6.07) is 0. The van der Waals surface area contributed by atoms with Crippen LogP contribution in [0, 0.1) is 5.92 Å². The Morgan fingerprint density at radius 2 is 2.25 bits per heavy atom.